The van der Waals surface area contributed by atoms with E-state index in [9.17, 15) is 0 Å². The Morgan fingerprint density at radius 2 is 2.17 bits per heavy atom. The maximum Gasteiger partial charge on any atom is 0.150 e. The van der Waals surface area contributed by atoms with Gasteiger partial charge >= 0.3 is 0 Å². The molecule has 2 heterocycles. The molecule has 1 aliphatic rings. The van der Waals surface area contributed by atoms with Gasteiger partial charge in [-0.3, -0.25) is 0 Å². The second kappa shape index (κ2) is 7.45. The Balaban J connectivity index is 1.76. The topological polar surface area (TPSA) is 50.5 Å². The smallest absolute Gasteiger partial charge is 0.150 e. The molecule has 0 aliphatic carbocycles. The summed E-state index contributed by atoms with van der Waals surface area (Å²) in [5, 5.41) is 8.21. The number of morpholine rings is 1. The van der Waals surface area contributed by atoms with Crippen LogP contribution in [-0.2, 0) is 11.3 Å². The van der Waals surface area contributed by atoms with Crippen LogP contribution in [0.25, 0.3) is 0 Å². The maximum atomic E-state index is 6.02. The lowest BCUT2D eigenvalue weighted by molar-refractivity contribution is -0.0399. The largest absolute Gasteiger partial charge is 0.374 e. The van der Waals surface area contributed by atoms with E-state index in [4.69, 9.17) is 20.9 Å². The van der Waals surface area contributed by atoms with Crippen LogP contribution in [0.4, 0.5) is 0 Å². The summed E-state index contributed by atoms with van der Waals surface area (Å²) in [4.78, 5) is 2.29. The predicted octanol–water partition coefficient (Wildman–Crippen LogP) is 2.80. The van der Waals surface area contributed by atoms with Crippen LogP contribution in [0, 0.1) is 6.92 Å². The van der Waals surface area contributed by atoms with Crippen molar-refractivity contribution >= 4 is 11.6 Å². The lowest BCUT2D eigenvalue weighted by atomic mass is 10.00. The second-order valence-electron chi connectivity index (χ2n) is 6.02. The normalized spacial score (nSPS) is 20.6. The predicted molar refractivity (Wildman–Crippen MR) is 89.5 cm³/mol. The van der Waals surface area contributed by atoms with Crippen molar-refractivity contribution in [3.05, 3.63) is 52.4 Å². The molecule has 6 heteroatoms. The molecule has 0 saturated carbocycles. The minimum Gasteiger partial charge on any atom is -0.374 e. The molecule has 1 N–H and O–H groups in total. The molecule has 1 aliphatic heterocycles. The molecule has 1 aromatic carbocycles. The summed E-state index contributed by atoms with van der Waals surface area (Å²) in [5.41, 5.74) is 2.05. The summed E-state index contributed by atoms with van der Waals surface area (Å²) in [6.45, 7) is 5.12. The van der Waals surface area contributed by atoms with Crippen LogP contribution in [0.1, 0.15) is 23.1 Å². The number of ether oxygens (including phenoxy) is 1. The van der Waals surface area contributed by atoms with Crippen LogP contribution in [0.3, 0.4) is 0 Å². The van der Waals surface area contributed by atoms with E-state index >= 15 is 0 Å². The molecule has 0 unspecified atom stereocenters. The van der Waals surface area contributed by atoms with Gasteiger partial charge in [0.1, 0.15) is 0 Å². The molecule has 124 valence electrons. The summed E-state index contributed by atoms with van der Waals surface area (Å²) in [6, 6.07) is 9.93. The van der Waals surface area contributed by atoms with E-state index in [1.165, 1.54) is 0 Å². The highest BCUT2D eigenvalue weighted by Crippen LogP contribution is 2.24. The molecular formula is C17H22ClN3O2. The molecule has 5 nitrogen and oxygen atoms in total. The lowest BCUT2D eigenvalue weighted by Gasteiger charge is -2.35. The molecule has 0 amide bonds. The highest BCUT2D eigenvalue weighted by atomic mass is 35.5. The molecule has 0 bridgehead atoms. The van der Waals surface area contributed by atoms with Gasteiger partial charge in [-0.25, -0.2) is 0 Å². The Labute approximate surface area is 141 Å². The van der Waals surface area contributed by atoms with E-state index in [-0.39, 0.29) is 12.1 Å². The summed E-state index contributed by atoms with van der Waals surface area (Å²) in [7, 11) is 2.12. The highest BCUT2D eigenvalue weighted by molar-refractivity contribution is 6.30. The van der Waals surface area contributed by atoms with E-state index in [2.05, 4.69) is 22.4 Å². The Hall–Kier alpha value is -1.40. The molecule has 1 aromatic heterocycles. The second-order valence-corrected chi connectivity index (χ2v) is 6.45. The van der Waals surface area contributed by atoms with E-state index < -0.39 is 0 Å². The Morgan fingerprint density at radius 3 is 2.83 bits per heavy atom. The van der Waals surface area contributed by atoms with Gasteiger partial charge < -0.3 is 19.5 Å². The van der Waals surface area contributed by atoms with Crippen molar-refractivity contribution in [1.82, 2.24) is 15.4 Å². The molecule has 1 fully saturated rings. The quantitative estimate of drug-likeness (QED) is 0.910. The summed E-state index contributed by atoms with van der Waals surface area (Å²) >= 11 is 6.02. The van der Waals surface area contributed by atoms with Crippen molar-refractivity contribution in [2.24, 2.45) is 0 Å². The number of aromatic nitrogens is 1. The van der Waals surface area contributed by atoms with Crippen molar-refractivity contribution in [2.75, 3.05) is 26.7 Å². The van der Waals surface area contributed by atoms with E-state index in [1.807, 2.05) is 37.3 Å². The molecule has 1 saturated heterocycles. The number of aryl methyl sites for hydroxylation is 1. The number of hydrogen-bond acceptors (Lipinski definition) is 5. The van der Waals surface area contributed by atoms with Gasteiger partial charge in [-0.05, 0) is 31.7 Å². The van der Waals surface area contributed by atoms with Crippen LogP contribution >= 0.6 is 11.6 Å². The van der Waals surface area contributed by atoms with Gasteiger partial charge in [0, 0.05) is 24.2 Å². The SMILES string of the molecule is Cc1cc(CN[C@H](c2ccc(Cl)cc2)[C@H]2CN(C)CCO2)on1. The van der Waals surface area contributed by atoms with E-state index in [0.29, 0.717) is 6.54 Å². The summed E-state index contributed by atoms with van der Waals surface area (Å²) in [6.07, 6.45) is 0.0824. The maximum absolute atomic E-state index is 6.02. The first-order chi connectivity index (χ1) is 11.1. The average molecular weight is 336 g/mol. The van der Waals surface area contributed by atoms with E-state index in [1.54, 1.807) is 0 Å². The first kappa shape index (κ1) is 16.5. The Kier molecular flexibility index (Phi) is 5.33. The summed E-state index contributed by atoms with van der Waals surface area (Å²) < 4.78 is 11.3. The van der Waals surface area contributed by atoms with Gasteiger partial charge in [-0.15, -0.1) is 0 Å². The molecule has 3 rings (SSSR count). The Bertz CT molecular complexity index is 629. The number of nitrogens with one attached hydrogen (secondary N) is 1. The minimum atomic E-state index is 0.0698. The van der Waals surface area contributed by atoms with Gasteiger partial charge in [0.15, 0.2) is 5.76 Å². The summed E-state index contributed by atoms with van der Waals surface area (Å²) in [5.74, 6) is 0.825. The third kappa shape index (κ3) is 4.32. The number of hydrogen-bond donors (Lipinski definition) is 1. The first-order valence-electron chi connectivity index (χ1n) is 7.83. The number of halogens is 1. The van der Waals surface area contributed by atoms with Crippen LogP contribution in [0.15, 0.2) is 34.9 Å². The van der Waals surface area contributed by atoms with Crippen molar-refractivity contribution in [2.45, 2.75) is 25.6 Å². The standard InChI is InChI=1S/C17H22ClN3O2/c1-12-9-15(23-20-12)10-19-17(13-3-5-14(18)6-4-13)16-11-21(2)7-8-22-16/h3-6,9,16-17,19H,7-8,10-11H2,1-2H3/t16-,17-/m1/s1. The van der Waals surface area contributed by atoms with Crippen LogP contribution in [0.5, 0.6) is 0 Å². The van der Waals surface area contributed by atoms with Gasteiger partial charge in [-0.2, -0.15) is 0 Å². The molecule has 0 spiro atoms. The molecule has 0 radical (unpaired) electrons. The fourth-order valence-electron chi connectivity index (χ4n) is 2.86. The van der Waals surface area contributed by atoms with Crippen LogP contribution in [0.2, 0.25) is 5.02 Å². The molecular weight excluding hydrogens is 314 g/mol. The van der Waals surface area contributed by atoms with Crippen molar-refractivity contribution in [3.8, 4) is 0 Å². The Morgan fingerprint density at radius 1 is 1.39 bits per heavy atom. The number of rotatable bonds is 5. The van der Waals surface area contributed by atoms with Gasteiger partial charge in [-0.1, -0.05) is 28.9 Å². The van der Waals surface area contributed by atoms with Crippen LogP contribution in [-0.4, -0.2) is 42.9 Å². The molecule has 2 atom stereocenters. The monoisotopic (exact) mass is 335 g/mol. The zero-order chi connectivity index (χ0) is 16.2. The average Bonchev–Trinajstić information content (AvgIpc) is 2.95. The minimum absolute atomic E-state index is 0.0698. The van der Waals surface area contributed by atoms with Crippen molar-refractivity contribution < 1.29 is 9.26 Å². The third-order valence-electron chi connectivity index (χ3n) is 4.07. The molecule has 23 heavy (non-hydrogen) atoms. The number of nitrogens with zero attached hydrogens (tertiary/aromatic N) is 2. The van der Waals surface area contributed by atoms with Crippen molar-refractivity contribution in [1.29, 1.82) is 0 Å². The fourth-order valence-corrected chi connectivity index (χ4v) is 2.98. The highest BCUT2D eigenvalue weighted by Gasteiger charge is 2.28. The zero-order valence-electron chi connectivity index (χ0n) is 13.5. The van der Waals surface area contributed by atoms with Gasteiger partial charge in [0.2, 0.25) is 0 Å². The number of benzene rings is 1. The van der Waals surface area contributed by atoms with Gasteiger partial charge in [0.25, 0.3) is 0 Å². The molecule has 2 aromatic rings. The fraction of sp³-hybridized carbons (Fsp3) is 0.471. The lowest BCUT2D eigenvalue weighted by Crippen LogP contribution is -2.46. The van der Waals surface area contributed by atoms with E-state index in [0.717, 1.165) is 41.7 Å². The van der Waals surface area contributed by atoms with Gasteiger partial charge in [0.05, 0.1) is 31.0 Å². The zero-order valence-corrected chi connectivity index (χ0v) is 14.2. The first-order valence-corrected chi connectivity index (χ1v) is 8.21. The number of likely N-dealkylation sites (N-methyl/N-ethyl adjacent to an activating group) is 1. The third-order valence-corrected chi connectivity index (χ3v) is 4.32. The van der Waals surface area contributed by atoms with Crippen LogP contribution < -0.4 is 5.32 Å². The van der Waals surface area contributed by atoms with Crippen molar-refractivity contribution in [3.63, 3.8) is 0 Å².